The molecule has 3 rings (SSSR count). The number of rotatable bonds is 5. The molecule has 2 aliphatic heterocycles. The van der Waals surface area contributed by atoms with E-state index in [-0.39, 0.29) is 11.9 Å². The Kier molecular flexibility index (Phi) is 6.50. The Morgan fingerprint density at radius 2 is 1.73 bits per heavy atom. The quantitative estimate of drug-likeness (QED) is 0.874. The number of amides is 3. The Balaban J connectivity index is 1.39. The summed E-state index contributed by atoms with van der Waals surface area (Å²) in [5.41, 5.74) is 0.711. The molecule has 0 saturated carbocycles. The number of hydrogen-bond acceptors (Lipinski definition) is 3. The second-order valence-electron chi connectivity index (χ2n) is 7.29. The first kappa shape index (κ1) is 18.7. The summed E-state index contributed by atoms with van der Waals surface area (Å²) in [6, 6.07) is 9.34. The second kappa shape index (κ2) is 9.03. The fourth-order valence-corrected chi connectivity index (χ4v) is 3.82. The topological polar surface area (TPSA) is 55.9 Å². The predicted molar refractivity (Wildman–Crippen MR) is 102 cm³/mol. The van der Waals surface area contributed by atoms with Gasteiger partial charge in [0.2, 0.25) is 0 Å². The number of benzene rings is 1. The van der Waals surface area contributed by atoms with Gasteiger partial charge in [0.25, 0.3) is 5.91 Å². The van der Waals surface area contributed by atoms with Crippen LogP contribution in [0.15, 0.2) is 30.3 Å². The van der Waals surface area contributed by atoms with Crippen molar-refractivity contribution in [2.75, 3.05) is 52.4 Å². The molecule has 26 heavy (non-hydrogen) atoms. The molecule has 3 amide bonds. The molecule has 0 bridgehead atoms. The van der Waals surface area contributed by atoms with Gasteiger partial charge >= 0.3 is 6.03 Å². The van der Waals surface area contributed by atoms with Crippen molar-refractivity contribution in [2.24, 2.45) is 5.92 Å². The van der Waals surface area contributed by atoms with Gasteiger partial charge < -0.3 is 20.0 Å². The van der Waals surface area contributed by atoms with E-state index in [1.807, 2.05) is 40.1 Å². The van der Waals surface area contributed by atoms with Gasteiger partial charge in [0.05, 0.1) is 0 Å². The molecule has 6 nitrogen and oxygen atoms in total. The highest BCUT2D eigenvalue weighted by Crippen LogP contribution is 2.15. The molecule has 0 unspecified atom stereocenters. The normalized spacial score (nSPS) is 21.0. The van der Waals surface area contributed by atoms with Crippen LogP contribution in [0.2, 0.25) is 0 Å². The number of hydrogen-bond donors (Lipinski definition) is 1. The van der Waals surface area contributed by atoms with Crippen LogP contribution in [-0.2, 0) is 0 Å². The van der Waals surface area contributed by atoms with Gasteiger partial charge in [-0.3, -0.25) is 4.79 Å². The lowest BCUT2D eigenvalue weighted by atomic mass is 10.1. The summed E-state index contributed by atoms with van der Waals surface area (Å²) in [7, 11) is 0. The van der Waals surface area contributed by atoms with Crippen molar-refractivity contribution >= 4 is 11.9 Å². The highest BCUT2D eigenvalue weighted by molar-refractivity contribution is 5.94. The SMILES string of the molecule is CCCN1CC[C@H](CNC(=O)N2CCN(C(=O)c3ccccc3)CC2)C1. The lowest BCUT2D eigenvalue weighted by Crippen LogP contribution is -2.53. The van der Waals surface area contributed by atoms with Crippen molar-refractivity contribution in [1.29, 1.82) is 0 Å². The number of nitrogens with zero attached hydrogens (tertiary/aromatic N) is 3. The molecule has 6 heteroatoms. The van der Waals surface area contributed by atoms with Crippen LogP contribution in [0.4, 0.5) is 4.79 Å². The molecule has 1 aromatic carbocycles. The lowest BCUT2D eigenvalue weighted by Gasteiger charge is -2.35. The van der Waals surface area contributed by atoms with E-state index in [0.29, 0.717) is 37.7 Å². The molecule has 1 N–H and O–H groups in total. The summed E-state index contributed by atoms with van der Waals surface area (Å²) in [6.45, 7) is 8.72. The first-order chi connectivity index (χ1) is 12.7. The summed E-state index contributed by atoms with van der Waals surface area (Å²) in [6.07, 6.45) is 2.35. The van der Waals surface area contributed by atoms with Crippen molar-refractivity contribution in [3.63, 3.8) is 0 Å². The van der Waals surface area contributed by atoms with Gasteiger partial charge in [-0.15, -0.1) is 0 Å². The summed E-state index contributed by atoms with van der Waals surface area (Å²) in [5.74, 6) is 0.610. The molecule has 142 valence electrons. The number of carbonyl (C=O) groups is 2. The largest absolute Gasteiger partial charge is 0.338 e. The standard InChI is InChI=1S/C20H30N4O2/c1-2-9-22-10-8-17(16-22)15-21-20(26)24-13-11-23(12-14-24)19(25)18-6-4-3-5-7-18/h3-7,17H,2,8-16H2,1H3,(H,21,26)/t17-/m1/s1. The predicted octanol–water partition coefficient (Wildman–Crippen LogP) is 1.89. The minimum atomic E-state index is 0.00533. The first-order valence-electron chi connectivity index (χ1n) is 9.77. The van der Waals surface area contributed by atoms with E-state index in [4.69, 9.17) is 0 Å². The van der Waals surface area contributed by atoms with Gasteiger partial charge in [-0.25, -0.2) is 4.79 Å². The van der Waals surface area contributed by atoms with Crippen LogP contribution in [0.3, 0.4) is 0 Å². The van der Waals surface area contributed by atoms with E-state index in [1.165, 1.54) is 12.8 Å². The molecule has 0 radical (unpaired) electrons. The van der Waals surface area contributed by atoms with Crippen molar-refractivity contribution in [3.05, 3.63) is 35.9 Å². The van der Waals surface area contributed by atoms with E-state index in [1.54, 1.807) is 0 Å². The zero-order valence-electron chi connectivity index (χ0n) is 15.7. The molecular formula is C20H30N4O2. The van der Waals surface area contributed by atoms with E-state index >= 15 is 0 Å². The highest BCUT2D eigenvalue weighted by atomic mass is 16.2. The first-order valence-corrected chi connectivity index (χ1v) is 9.77. The molecule has 0 spiro atoms. The van der Waals surface area contributed by atoms with Crippen LogP contribution >= 0.6 is 0 Å². The van der Waals surface area contributed by atoms with Crippen molar-refractivity contribution in [3.8, 4) is 0 Å². The maximum atomic E-state index is 12.5. The zero-order valence-corrected chi connectivity index (χ0v) is 15.7. The summed E-state index contributed by atoms with van der Waals surface area (Å²) in [4.78, 5) is 31.0. The van der Waals surface area contributed by atoms with Gasteiger partial charge in [0.1, 0.15) is 0 Å². The Hall–Kier alpha value is -2.08. The smallest absolute Gasteiger partial charge is 0.317 e. The number of piperazine rings is 1. The van der Waals surface area contributed by atoms with E-state index in [9.17, 15) is 9.59 Å². The minimum absolute atomic E-state index is 0.00533. The van der Waals surface area contributed by atoms with E-state index < -0.39 is 0 Å². The van der Waals surface area contributed by atoms with Crippen LogP contribution < -0.4 is 5.32 Å². The Morgan fingerprint density at radius 1 is 1.04 bits per heavy atom. The molecule has 2 fully saturated rings. The fraction of sp³-hybridized carbons (Fsp3) is 0.600. The maximum Gasteiger partial charge on any atom is 0.317 e. The number of urea groups is 1. The molecule has 2 heterocycles. The molecule has 2 saturated heterocycles. The van der Waals surface area contributed by atoms with Gasteiger partial charge in [-0.2, -0.15) is 0 Å². The van der Waals surface area contributed by atoms with Crippen LogP contribution in [-0.4, -0.2) is 79.0 Å². The average Bonchev–Trinajstić information content (AvgIpc) is 3.14. The van der Waals surface area contributed by atoms with Crippen LogP contribution in [0.5, 0.6) is 0 Å². The molecule has 1 aromatic rings. The van der Waals surface area contributed by atoms with E-state index in [2.05, 4.69) is 17.1 Å². The van der Waals surface area contributed by atoms with Crippen molar-refractivity contribution in [1.82, 2.24) is 20.0 Å². The third-order valence-corrected chi connectivity index (χ3v) is 5.33. The third kappa shape index (κ3) is 4.75. The van der Waals surface area contributed by atoms with Gasteiger partial charge in [0.15, 0.2) is 0 Å². The zero-order chi connectivity index (χ0) is 18.4. The third-order valence-electron chi connectivity index (χ3n) is 5.33. The number of likely N-dealkylation sites (tertiary alicyclic amines) is 1. The minimum Gasteiger partial charge on any atom is -0.338 e. The van der Waals surface area contributed by atoms with Crippen LogP contribution in [0, 0.1) is 5.92 Å². The molecule has 0 aromatic heterocycles. The molecule has 2 aliphatic rings. The van der Waals surface area contributed by atoms with Crippen LogP contribution in [0.25, 0.3) is 0 Å². The van der Waals surface area contributed by atoms with Gasteiger partial charge in [-0.1, -0.05) is 25.1 Å². The number of carbonyl (C=O) groups excluding carboxylic acids is 2. The van der Waals surface area contributed by atoms with Gasteiger partial charge in [-0.05, 0) is 44.0 Å². The lowest BCUT2D eigenvalue weighted by molar-refractivity contribution is 0.0664. The highest BCUT2D eigenvalue weighted by Gasteiger charge is 2.26. The van der Waals surface area contributed by atoms with Crippen molar-refractivity contribution < 1.29 is 9.59 Å². The van der Waals surface area contributed by atoms with Gasteiger partial charge in [0, 0.05) is 44.8 Å². The van der Waals surface area contributed by atoms with E-state index in [0.717, 1.165) is 26.2 Å². The Labute approximate surface area is 156 Å². The average molecular weight is 358 g/mol. The summed E-state index contributed by atoms with van der Waals surface area (Å²) >= 11 is 0. The molecule has 0 aliphatic carbocycles. The molecular weight excluding hydrogens is 328 g/mol. The molecule has 1 atom stereocenters. The summed E-state index contributed by atoms with van der Waals surface area (Å²) in [5, 5.41) is 3.09. The Morgan fingerprint density at radius 3 is 2.42 bits per heavy atom. The monoisotopic (exact) mass is 358 g/mol. The number of nitrogens with one attached hydrogen (secondary N) is 1. The second-order valence-corrected chi connectivity index (χ2v) is 7.29. The van der Waals surface area contributed by atoms with Crippen molar-refractivity contribution in [2.45, 2.75) is 19.8 Å². The Bertz CT molecular complexity index is 599. The fourth-order valence-electron chi connectivity index (χ4n) is 3.82. The van der Waals surface area contributed by atoms with Crippen LogP contribution in [0.1, 0.15) is 30.1 Å². The maximum absolute atomic E-state index is 12.5. The summed E-state index contributed by atoms with van der Waals surface area (Å²) < 4.78 is 0.